The van der Waals surface area contributed by atoms with Gasteiger partial charge in [0.2, 0.25) is 18.2 Å². The van der Waals surface area contributed by atoms with Gasteiger partial charge in [0.25, 0.3) is 0 Å². The molecule has 2 fully saturated rings. The topological polar surface area (TPSA) is 69.7 Å². The zero-order chi connectivity index (χ0) is 16.4. The van der Waals surface area contributed by atoms with Crippen molar-refractivity contribution in [3.8, 4) is 0 Å². The first-order chi connectivity index (χ1) is 11.0. The molecule has 122 valence electrons. The molecule has 1 N–H and O–H groups in total. The highest BCUT2D eigenvalue weighted by Crippen LogP contribution is 2.48. The van der Waals surface area contributed by atoms with Gasteiger partial charge >= 0.3 is 0 Å². The Hall–Kier alpha value is -1.89. The molecule has 2 aliphatic rings. The van der Waals surface area contributed by atoms with Gasteiger partial charge in [-0.25, -0.2) is 0 Å². The Balaban J connectivity index is 1.64. The van der Waals surface area contributed by atoms with Crippen molar-refractivity contribution in [1.82, 2.24) is 9.80 Å². The fraction of sp³-hybridized carbons (Fsp3) is 0.438. The molecule has 6 nitrogen and oxygen atoms in total. The van der Waals surface area contributed by atoms with Gasteiger partial charge in [0.1, 0.15) is 5.41 Å². The molecule has 0 unspecified atom stereocenters. The van der Waals surface area contributed by atoms with Crippen LogP contribution in [0.4, 0.5) is 5.69 Å². The van der Waals surface area contributed by atoms with Crippen molar-refractivity contribution in [3.05, 3.63) is 28.7 Å². The van der Waals surface area contributed by atoms with Gasteiger partial charge in [-0.1, -0.05) is 15.9 Å². The van der Waals surface area contributed by atoms with Crippen LogP contribution in [0.15, 0.2) is 28.7 Å². The van der Waals surface area contributed by atoms with Crippen LogP contribution in [0.1, 0.15) is 12.8 Å². The fourth-order valence-corrected chi connectivity index (χ4v) is 3.04. The number of amides is 3. The number of nitrogens with zero attached hydrogens (tertiary/aromatic N) is 2. The lowest BCUT2D eigenvalue weighted by Gasteiger charge is -2.34. The Kier molecular flexibility index (Phi) is 4.39. The van der Waals surface area contributed by atoms with Gasteiger partial charge < -0.3 is 15.1 Å². The summed E-state index contributed by atoms with van der Waals surface area (Å²) in [6, 6.07) is 7.28. The number of rotatable bonds is 4. The van der Waals surface area contributed by atoms with E-state index >= 15 is 0 Å². The van der Waals surface area contributed by atoms with Crippen molar-refractivity contribution < 1.29 is 14.4 Å². The highest BCUT2D eigenvalue weighted by Gasteiger charge is 2.58. The van der Waals surface area contributed by atoms with Crippen LogP contribution >= 0.6 is 15.9 Å². The van der Waals surface area contributed by atoms with Gasteiger partial charge in [0.05, 0.1) is 0 Å². The highest BCUT2D eigenvalue weighted by atomic mass is 79.9. The number of halogens is 1. The summed E-state index contributed by atoms with van der Waals surface area (Å²) < 4.78 is 0.931. The minimum atomic E-state index is -0.920. The minimum absolute atomic E-state index is 0.113. The second-order valence-corrected chi connectivity index (χ2v) is 6.89. The fourth-order valence-electron chi connectivity index (χ4n) is 2.78. The predicted molar refractivity (Wildman–Crippen MR) is 88.7 cm³/mol. The first kappa shape index (κ1) is 16.0. The quantitative estimate of drug-likeness (QED) is 0.635. The molecule has 0 radical (unpaired) electrons. The number of benzene rings is 1. The molecule has 3 amide bonds. The minimum Gasteiger partial charge on any atom is -0.342 e. The summed E-state index contributed by atoms with van der Waals surface area (Å²) in [7, 11) is 0. The van der Waals surface area contributed by atoms with E-state index in [2.05, 4.69) is 21.2 Å². The van der Waals surface area contributed by atoms with E-state index in [0.717, 1.165) is 10.9 Å². The van der Waals surface area contributed by atoms with E-state index in [1.807, 2.05) is 12.1 Å². The Morgan fingerprint density at radius 2 is 1.70 bits per heavy atom. The summed E-state index contributed by atoms with van der Waals surface area (Å²) in [5, 5.41) is 2.84. The van der Waals surface area contributed by atoms with Gasteiger partial charge in [-0.15, -0.1) is 0 Å². The van der Waals surface area contributed by atoms with Gasteiger partial charge in [0.15, 0.2) is 0 Å². The summed E-state index contributed by atoms with van der Waals surface area (Å²) in [5.41, 5.74) is -0.237. The molecule has 0 aromatic heterocycles. The maximum absolute atomic E-state index is 12.7. The maximum Gasteiger partial charge on any atom is 0.240 e. The second kappa shape index (κ2) is 6.31. The first-order valence-electron chi connectivity index (χ1n) is 7.61. The number of piperazine rings is 1. The SMILES string of the molecule is O=CN1CCN(C(=O)C2(C(=O)Nc3ccc(Br)cc3)CC2)CC1. The molecule has 0 spiro atoms. The lowest BCUT2D eigenvalue weighted by Crippen LogP contribution is -2.52. The normalized spacial score (nSPS) is 19.2. The van der Waals surface area contributed by atoms with Crippen LogP contribution in [-0.2, 0) is 14.4 Å². The van der Waals surface area contributed by atoms with Crippen LogP contribution < -0.4 is 5.32 Å². The van der Waals surface area contributed by atoms with E-state index in [1.54, 1.807) is 21.9 Å². The van der Waals surface area contributed by atoms with Crippen molar-refractivity contribution in [3.63, 3.8) is 0 Å². The summed E-state index contributed by atoms with van der Waals surface area (Å²) in [6.45, 7) is 2.04. The summed E-state index contributed by atoms with van der Waals surface area (Å²) in [4.78, 5) is 39.3. The lowest BCUT2D eigenvalue weighted by molar-refractivity contribution is -0.144. The third kappa shape index (κ3) is 3.24. The van der Waals surface area contributed by atoms with Gasteiger partial charge in [-0.3, -0.25) is 14.4 Å². The number of carbonyl (C=O) groups is 3. The van der Waals surface area contributed by atoms with Crippen LogP contribution in [0.3, 0.4) is 0 Å². The van der Waals surface area contributed by atoms with Gasteiger partial charge in [-0.2, -0.15) is 0 Å². The number of anilines is 1. The van der Waals surface area contributed by atoms with Crippen molar-refractivity contribution in [2.45, 2.75) is 12.8 Å². The van der Waals surface area contributed by atoms with Crippen molar-refractivity contribution >= 4 is 39.8 Å². The second-order valence-electron chi connectivity index (χ2n) is 5.98. The third-order valence-corrected chi connectivity index (χ3v) is 4.98. The third-order valence-electron chi connectivity index (χ3n) is 4.45. The molecule has 7 heteroatoms. The maximum atomic E-state index is 12.7. The van der Waals surface area contributed by atoms with Crippen LogP contribution in [-0.4, -0.2) is 54.2 Å². The molecule has 1 aliphatic heterocycles. The molecule has 1 saturated carbocycles. The molecule has 23 heavy (non-hydrogen) atoms. The lowest BCUT2D eigenvalue weighted by atomic mass is 10.0. The van der Waals surface area contributed by atoms with E-state index in [1.165, 1.54) is 0 Å². The summed E-state index contributed by atoms with van der Waals surface area (Å²) >= 11 is 3.35. The predicted octanol–water partition coefficient (Wildman–Crippen LogP) is 1.47. The number of carbonyl (C=O) groups excluding carboxylic acids is 3. The van der Waals surface area contributed by atoms with Crippen LogP contribution in [0.5, 0.6) is 0 Å². The van der Waals surface area contributed by atoms with Gasteiger partial charge in [0, 0.05) is 36.3 Å². The summed E-state index contributed by atoms with van der Waals surface area (Å²) in [6.07, 6.45) is 1.97. The van der Waals surface area contributed by atoms with Crippen molar-refractivity contribution in [1.29, 1.82) is 0 Å². The van der Waals surface area contributed by atoms with Crippen LogP contribution in [0, 0.1) is 5.41 Å². The molecule has 0 atom stereocenters. The molecule has 3 rings (SSSR count). The molecule has 1 aromatic carbocycles. The van der Waals surface area contributed by atoms with Crippen LogP contribution in [0.2, 0.25) is 0 Å². The van der Waals surface area contributed by atoms with E-state index in [4.69, 9.17) is 0 Å². The zero-order valence-corrected chi connectivity index (χ0v) is 14.2. The van der Waals surface area contributed by atoms with E-state index in [-0.39, 0.29) is 11.8 Å². The molecule has 0 bridgehead atoms. The standard InChI is InChI=1S/C16H18BrN3O3/c17-12-1-3-13(4-2-12)18-14(22)16(5-6-16)15(23)20-9-7-19(11-21)8-10-20/h1-4,11H,5-10H2,(H,18,22). The smallest absolute Gasteiger partial charge is 0.240 e. The van der Waals surface area contributed by atoms with Crippen LogP contribution in [0.25, 0.3) is 0 Å². The Bertz CT molecular complexity index is 620. The first-order valence-corrected chi connectivity index (χ1v) is 8.40. The molecule has 1 aliphatic carbocycles. The Labute approximate surface area is 142 Å². The summed E-state index contributed by atoms with van der Waals surface area (Å²) in [5.74, 6) is -0.347. The zero-order valence-electron chi connectivity index (χ0n) is 12.6. The van der Waals surface area contributed by atoms with E-state index < -0.39 is 5.41 Å². The molecular weight excluding hydrogens is 362 g/mol. The monoisotopic (exact) mass is 379 g/mol. The largest absolute Gasteiger partial charge is 0.342 e. The number of nitrogens with one attached hydrogen (secondary N) is 1. The average Bonchev–Trinajstić information content (AvgIpc) is 3.38. The van der Waals surface area contributed by atoms with E-state index in [9.17, 15) is 14.4 Å². The Morgan fingerprint density at radius 1 is 1.09 bits per heavy atom. The molecular formula is C16H18BrN3O3. The van der Waals surface area contributed by atoms with E-state index in [0.29, 0.717) is 44.7 Å². The van der Waals surface area contributed by atoms with Gasteiger partial charge in [-0.05, 0) is 37.1 Å². The molecule has 1 saturated heterocycles. The average molecular weight is 380 g/mol. The van der Waals surface area contributed by atoms with Crippen molar-refractivity contribution in [2.24, 2.45) is 5.41 Å². The van der Waals surface area contributed by atoms with Crippen molar-refractivity contribution in [2.75, 3.05) is 31.5 Å². The number of hydrogen-bond donors (Lipinski definition) is 1. The number of hydrogen-bond acceptors (Lipinski definition) is 3. The molecule has 1 aromatic rings. The molecule has 1 heterocycles. The highest BCUT2D eigenvalue weighted by molar-refractivity contribution is 9.10. The Morgan fingerprint density at radius 3 is 2.22 bits per heavy atom.